The number of halogens is 2. The molecule has 0 aliphatic carbocycles. The van der Waals surface area contributed by atoms with E-state index in [9.17, 15) is 0 Å². The molecule has 0 saturated heterocycles. The summed E-state index contributed by atoms with van der Waals surface area (Å²) in [4.78, 5) is 0. The van der Waals surface area contributed by atoms with Gasteiger partial charge >= 0.3 is 0 Å². The van der Waals surface area contributed by atoms with Gasteiger partial charge in [-0.25, -0.2) is 0 Å². The van der Waals surface area contributed by atoms with Crippen molar-refractivity contribution in [2.24, 2.45) is 0 Å². The lowest BCUT2D eigenvalue weighted by Gasteiger charge is -2.10. The number of aryl methyl sites for hydroxylation is 1. The molecule has 2 rings (SSSR count). The van der Waals surface area contributed by atoms with Gasteiger partial charge in [-0.3, -0.25) is 0 Å². The van der Waals surface area contributed by atoms with Crippen LogP contribution >= 0.6 is 27.5 Å². The van der Waals surface area contributed by atoms with Crippen LogP contribution in [0.3, 0.4) is 0 Å². The van der Waals surface area contributed by atoms with Crippen molar-refractivity contribution in [3.63, 3.8) is 0 Å². The molecule has 0 aromatic heterocycles. The van der Waals surface area contributed by atoms with Gasteiger partial charge in [-0.1, -0.05) is 33.6 Å². The Morgan fingerprint density at radius 1 is 1.22 bits per heavy atom. The molecule has 90 valence electrons. The minimum atomic E-state index is 0.349. The number of benzene rings is 2. The molecule has 0 heterocycles. The van der Waals surface area contributed by atoms with Crippen molar-refractivity contribution in [1.29, 1.82) is 5.26 Å². The van der Waals surface area contributed by atoms with Crippen molar-refractivity contribution >= 4 is 27.5 Å². The van der Waals surface area contributed by atoms with Crippen LogP contribution in [0.2, 0.25) is 5.02 Å². The number of hydrogen-bond donors (Lipinski definition) is 0. The molecule has 0 bridgehead atoms. The van der Waals surface area contributed by atoms with Crippen LogP contribution in [0.4, 0.5) is 0 Å². The third kappa shape index (κ3) is 2.66. The van der Waals surface area contributed by atoms with E-state index in [2.05, 4.69) is 15.9 Å². The van der Waals surface area contributed by atoms with Crippen LogP contribution in [-0.4, -0.2) is 0 Å². The van der Waals surface area contributed by atoms with Gasteiger partial charge in [-0.05, 0) is 42.8 Å². The first kappa shape index (κ1) is 12.9. The molecule has 0 atom stereocenters. The first-order chi connectivity index (χ1) is 8.61. The Morgan fingerprint density at radius 3 is 2.67 bits per heavy atom. The maximum atomic E-state index is 9.07. The summed E-state index contributed by atoms with van der Waals surface area (Å²) in [5.74, 6) is 1.17. The second kappa shape index (κ2) is 5.43. The molecule has 0 N–H and O–H groups in total. The lowest BCUT2D eigenvalue weighted by atomic mass is 10.2. The molecule has 2 nitrogen and oxygen atoms in total. The number of nitrogens with zero attached hydrogens (tertiary/aromatic N) is 1. The second-order valence-corrected chi connectivity index (χ2v) is 5.06. The van der Waals surface area contributed by atoms with Crippen molar-refractivity contribution in [1.82, 2.24) is 0 Å². The molecular formula is C14H9BrClNO. The van der Waals surface area contributed by atoms with Gasteiger partial charge < -0.3 is 4.74 Å². The molecule has 0 unspecified atom stereocenters. The Balaban J connectivity index is 2.41. The first-order valence-corrected chi connectivity index (χ1v) is 6.41. The fraction of sp³-hybridized carbons (Fsp3) is 0.0714. The third-order valence-corrected chi connectivity index (χ3v) is 3.25. The largest absolute Gasteiger partial charge is 0.456 e. The summed E-state index contributed by atoms with van der Waals surface area (Å²) in [6, 6.07) is 12.9. The highest BCUT2D eigenvalue weighted by Crippen LogP contribution is 2.32. The zero-order valence-corrected chi connectivity index (χ0v) is 11.9. The fourth-order valence-corrected chi connectivity index (χ4v) is 2.23. The van der Waals surface area contributed by atoms with Crippen LogP contribution in [0, 0.1) is 18.3 Å². The van der Waals surface area contributed by atoms with Gasteiger partial charge in [0.2, 0.25) is 0 Å². The SMILES string of the molecule is Cc1cc(Br)ccc1Oc1cccc(Cl)c1C#N. The Labute approximate surface area is 119 Å². The summed E-state index contributed by atoms with van der Waals surface area (Å²) in [6.07, 6.45) is 0. The Bertz CT molecular complexity index is 634. The van der Waals surface area contributed by atoms with Gasteiger partial charge in [0.25, 0.3) is 0 Å². The second-order valence-electron chi connectivity index (χ2n) is 3.74. The van der Waals surface area contributed by atoms with Gasteiger partial charge in [0.05, 0.1) is 5.02 Å². The van der Waals surface area contributed by atoms with Crippen LogP contribution < -0.4 is 4.74 Å². The molecule has 0 aliphatic rings. The van der Waals surface area contributed by atoms with Crippen molar-refractivity contribution in [2.75, 3.05) is 0 Å². The summed E-state index contributed by atoms with van der Waals surface area (Å²) in [5, 5.41) is 9.46. The van der Waals surface area contributed by atoms with Crippen molar-refractivity contribution in [3.05, 3.63) is 57.0 Å². The Morgan fingerprint density at radius 2 is 2.00 bits per heavy atom. The smallest absolute Gasteiger partial charge is 0.146 e. The molecule has 0 fully saturated rings. The fourth-order valence-electron chi connectivity index (χ4n) is 1.54. The highest BCUT2D eigenvalue weighted by Gasteiger charge is 2.09. The zero-order chi connectivity index (χ0) is 13.1. The van der Waals surface area contributed by atoms with E-state index in [0.29, 0.717) is 22.1 Å². The minimum Gasteiger partial charge on any atom is -0.456 e. The van der Waals surface area contributed by atoms with E-state index in [1.54, 1.807) is 18.2 Å². The summed E-state index contributed by atoms with van der Waals surface area (Å²) >= 11 is 9.34. The van der Waals surface area contributed by atoms with Gasteiger partial charge in [-0.2, -0.15) is 5.26 Å². The molecule has 0 spiro atoms. The molecular weight excluding hydrogens is 314 g/mol. The molecule has 2 aromatic carbocycles. The highest BCUT2D eigenvalue weighted by atomic mass is 79.9. The first-order valence-electron chi connectivity index (χ1n) is 5.24. The minimum absolute atomic E-state index is 0.349. The van der Waals surface area contributed by atoms with E-state index in [4.69, 9.17) is 21.6 Å². The maximum Gasteiger partial charge on any atom is 0.146 e. The van der Waals surface area contributed by atoms with E-state index in [1.165, 1.54) is 0 Å². The van der Waals surface area contributed by atoms with E-state index in [1.807, 2.05) is 31.2 Å². The molecule has 4 heteroatoms. The molecule has 0 amide bonds. The number of ether oxygens (including phenoxy) is 1. The average molecular weight is 323 g/mol. The highest BCUT2D eigenvalue weighted by molar-refractivity contribution is 9.10. The summed E-state index contributed by atoms with van der Waals surface area (Å²) in [5.41, 5.74) is 1.33. The van der Waals surface area contributed by atoms with E-state index >= 15 is 0 Å². The quantitative estimate of drug-likeness (QED) is 0.773. The number of hydrogen-bond acceptors (Lipinski definition) is 2. The topological polar surface area (TPSA) is 33.0 Å². The van der Waals surface area contributed by atoms with E-state index < -0.39 is 0 Å². The van der Waals surface area contributed by atoms with E-state index in [-0.39, 0.29) is 0 Å². The molecule has 0 aliphatic heterocycles. The predicted molar refractivity (Wildman–Crippen MR) is 75.1 cm³/mol. The molecule has 2 aromatic rings. The standard InChI is InChI=1S/C14H9BrClNO/c1-9-7-10(15)5-6-13(9)18-14-4-2-3-12(16)11(14)8-17/h2-7H,1H3. The maximum absolute atomic E-state index is 9.07. The molecule has 18 heavy (non-hydrogen) atoms. The molecule has 0 radical (unpaired) electrons. The monoisotopic (exact) mass is 321 g/mol. The van der Waals surface area contributed by atoms with Crippen LogP contribution in [0.5, 0.6) is 11.5 Å². The normalized spacial score (nSPS) is 9.89. The third-order valence-electron chi connectivity index (χ3n) is 2.44. The van der Waals surface area contributed by atoms with Gasteiger partial charge in [0.1, 0.15) is 23.1 Å². The molecule has 0 saturated carbocycles. The summed E-state index contributed by atoms with van der Waals surface area (Å²) in [7, 11) is 0. The zero-order valence-electron chi connectivity index (χ0n) is 9.58. The van der Waals surface area contributed by atoms with E-state index in [0.717, 1.165) is 10.0 Å². The van der Waals surface area contributed by atoms with Crippen molar-refractivity contribution < 1.29 is 4.74 Å². The van der Waals surface area contributed by atoms with Gasteiger partial charge in [0.15, 0.2) is 0 Å². The van der Waals surface area contributed by atoms with Crippen molar-refractivity contribution in [2.45, 2.75) is 6.92 Å². The average Bonchev–Trinajstić information content (AvgIpc) is 2.33. The van der Waals surface area contributed by atoms with Crippen molar-refractivity contribution in [3.8, 4) is 17.6 Å². The van der Waals surface area contributed by atoms with Crippen LogP contribution in [0.25, 0.3) is 0 Å². The lowest BCUT2D eigenvalue weighted by molar-refractivity contribution is 0.477. The number of rotatable bonds is 2. The van der Waals surface area contributed by atoms with Crippen LogP contribution in [-0.2, 0) is 0 Å². The van der Waals surface area contributed by atoms with Gasteiger partial charge in [-0.15, -0.1) is 0 Å². The Kier molecular flexibility index (Phi) is 3.90. The predicted octanol–water partition coefficient (Wildman–Crippen LogP) is 5.07. The van der Waals surface area contributed by atoms with Gasteiger partial charge in [0, 0.05) is 4.47 Å². The van der Waals surface area contributed by atoms with Crippen LogP contribution in [0.1, 0.15) is 11.1 Å². The summed E-state index contributed by atoms with van der Waals surface area (Å²) in [6.45, 7) is 1.94. The Hall–Kier alpha value is -1.50. The summed E-state index contributed by atoms with van der Waals surface area (Å²) < 4.78 is 6.72. The lowest BCUT2D eigenvalue weighted by Crippen LogP contribution is -1.91. The number of nitriles is 1. The van der Waals surface area contributed by atoms with Crippen LogP contribution in [0.15, 0.2) is 40.9 Å².